The molecule has 2 atom stereocenters. The van der Waals surface area contributed by atoms with E-state index in [0.29, 0.717) is 17.5 Å². The number of piperidine rings is 1. The van der Waals surface area contributed by atoms with Crippen LogP contribution in [0.1, 0.15) is 46.9 Å². The van der Waals surface area contributed by atoms with Gasteiger partial charge < -0.3 is 4.90 Å². The van der Waals surface area contributed by atoms with Gasteiger partial charge in [-0.05, 0) is 62.1 Å². The monoisotopic (exact) mass is 444 g/mol. The fourth-order valence-corrected chi connectivity index (χ4v) is 5.56. The first-order valence-electron chi connectivity index (χ1n) is 11.2. The molecule has 166 valence electrons. The molecule has 2 aromatic heterocycles. The van der Waals surface area contributed by atoms with Gasteiger partial charge in [0.1, 0.15) is 11.6 Å². The molecule has 0 unspecified atom stereocenters. The molecule has 33 heavy (non-hydrogen) atoms. The van der Waals surface area contributed by atoms with Gasteiger partial charge in [-0.3, -0.25) is 14.5 Å². The number of carbonyl (C=O) groups excluding carboxylic acids is 1. The maximum Gasteiger partial charge on any atom is 0.254 e. The number of pyridine rings is 1. The van der Waals surface area contributed by atoms with Crippen molar-refractivity contribution in [2.45, 2.75) is 37.8 Å². The SMILES string of the molecule is Cn1nc2c(c1-c1cc(F)cc(F)c1)C[C@H]1CCC[C@H]2N1C(=O)c1ccc2ncccc2c1. The van der Waals surface area contributed by atoms with Crippen LogP contribution in [0, 0.1) is 11.6 Å². The molecule has 2 aromatic carbocycles. The Morgan fingerprint density at radius 1 is 1.06 bits per heavy atom. The highest BCUT2D eigenvalue weighted by Crippen LogP contribution is 2.45. The molecule has 1 amide bonds. The van der Waals surface area contributed by atoms with Crippen LogP contribution in [-0.2, 0) is 13.5 Å². The Labute approximate surface area is 189 Å². The summed E-state index contributed by atoms with van der Waals surface area (Å²) in [6.45, 7) is 0. The predicted molar refractivity (Wildman–Crippen MR) is 121 cm³/mol. The van der Waals surface area contributed by atoms with E-state index in [1.165, 1.54) is 12.1 Å². The van der Waals surface area contributed by atoms with Gasteiger partial charge in [-0.2, -0.15) is 5.10 Å². The van der Waals surface area contributed by atoms with Crippen molar-refractivity contribution < 1.29 is 13.6 Å². The maximum absolute atomic E-state index is 14.0. The maximum atomic E-state index is 14.0. The van der Waals surface area contributed by atoms with Crippen molar-refractivity contribution in [3.8, 4) is 11.3 Å². The van der Waals surface area contributed by atoms with Gasteiger partial charge in [0.2, 0.25) is 0 Å². The summed E-state index contributed by atoms with van der Waals surface area (Å²) in [5.41, 5.74) is 4.52. The Hall–Kier alpha value is -3.61. The number of fused-ring (bicyclic) bond motifs is 5. The molecule has 2 bridgehead atoms. The molecule has 4 heterocycles. The van der Waals surface area contributed by atoms with Gasteiger partial charge in [0, 0.05) is 47.4 Å². The molecule has 7 heteroatoms. The van der Waals surface area contributed by atoms with Gasteiger partial charge in [0.15, 0.2) is 0 Å². The van der Waals surface area contributed by atoms with Crippen LogP contribution < -0.4 is 0 Å². The number of halogens is 2. The largest absolute Gasteiger partial charge is 0.327 e. The molecule has 0 radical (unpaired) electrons. The van der Waals surface area contributed by atoms with E-state index in [1.54, 1.807) is 17.9 Å². The van der Waals surface area contributed by atoms with Gasteiger partial charge in [-0.25, -0.2) is 8.78 Å². The molecule has 6 rings (SSSR count). The molecular formula is C26H22F2N4O. The van der Waals surface area contributed by atoms with Crippen molar-refractivity contribution in [3.63, 3.8) is 0 Å². The average Bonchev–Trinajstić information content (AvgIpc) is 3.13. The van der Waals surface area contributed by atoms with Crippen LogP contribution in [0.2, 0.25) is 0 Å². The number of nitrogens with zero attached hydrogens (tertiary/aromatic N) is 4. The summed E-state index contributed by atoms with van der Waals surface area (Å²) < 4.78 is 29.6. The number of rotatable bonds is 2. The predicted octanol–water partition coefficient (Wildman–Crippen LogP) is 5.21. The van der Waals surface area contributed by atoms with E-state index in [-0.39, 0.29) is 18.0 Å². The normalized spacial score (nSPS) is 19.5. The van der Waals surface area contributed by atoms with Gasteiger partial charge in [-0.15, -0.1) is 0 Å². The first kappa shape index (κ1) is 20.0. The van der Waals surface area contributed by atoms with Crippen molar-refractivity contribution in [3.05, 3.63) is 83.2 Å². The minimum absolute atomic E-state index is 0.00916. The molecule has 0 saturated carbocycles. The molecule has 0 N–H and O–H groups in total. The Morgan fingerprint density at radius 3 is 2.70 bits per heavy atom. The van der Waals surface area contributed by atoms with E-state index in [9.17, 15) is 13.6 Å². The molecule has 0 aliphatic carbocycles. The summed E-state index contributed by atoms with van der Waals surface area (Å²) in [5.74, 6) is -1.23. The van der Waals surface area contributed by atoms with Gasteiger partial charge in [0.25, 0.3) is 5.91 Å². The topological polar surface area (TPSA) is 51.0 Å². The number of hydrogen-bond donors (Lipinski definition) is 0. The molecule has 0 spiro atoms. The van der Waals surface area contributed by atoms with Crippen LogP contribution in [0.15, 0.2) is 54.7 Å². The Morgan fingerprint density at radius 2 is 1.88 bits per heavy atom. The molecule has 1 saturated heterocycles. The van der Waals surface area contributed by atoms with E-state index < -0.39 is 11.6 Å². The average molecular weight is 444 g/mol. The van der Waals surface area contributed by atoms with Crippen LogP contribution in [0.4, 0.5) is 8.78 Å². The van der Waals surface area contributed by atoms with Crippen molar-refractivity contribution in [2.24, 2.45) is 7.05 Å². The van der Waals surface area contributed by atoms with Gasteiger partial charge in [0.05, 0.1) is 22.9 Å². The summed E-state index contributed by atoms with van der Waals surface area (Å²) in [6, 6.07) is 12.9. The molecular weight excluding hydrogens is 422 g/mol. The smallest absolute Gasteiger partial charge is 0.254 e. The van der Waals surface area contributed by atoms with Crippen molar-refractivity contribution in [1.29, 1.82) is 0 Å². The second-order valence-corrected chi connectivity index (χ2v) is 8.92. The van der Waals surface area contributed by atoms with E-state index in [1.807, 2.05) is 35.2 Å². The standard InChI is InChI=1S/C26H22F2N4O/c1-31-25(17-11-18(27)13-19(28)12-17)21-14-20-5-2-6-23(24(21)30-31)32(20)26(33)16-7-8-22-15(10-16)4-3-9-29-22/h3-4,7-13,20,23H,2,5-6,14H2,1H3/t20-,23-/m1/s1. The zero-order valence-electron chi connectivity index (χ0n) is 18.1. The first-order chi connectivity index (χ1) is 16.0. The van der Waals surface area contributed by atoms with Crippen LogP contribution in [0.25, 0.3) is 22.2 Å². The van der Waals surface area contributed by atoms with E-state index >= 15 is 0 Å². The molecule has 4 aromatic rings. The molecule has 2 aliphatic rings. The first-order valence-corrected chi connectivity index (χ1v) is 11.2. The zero-order chi connectivity index (χ0) is 22.7. The molecule has 2 aliphatic heterocycles. The third kappa shape index (κ3) is 3.22. The quantitative estimate of drug-likeness (QED) is 0.427. The highest BCUT2D eigenvalue weighted by molar-refractivity contribution is 5.98. The van der Waals surface area contributed by atoms with Crippen LogP contribution in [-0.4, -0.2) is 31.6 Å². The van der Waals surface area contributed by atoms with Gasteiger partial charge >= 0.3 is 0 Å². The number of aryl methyl sites for hydroxylation is 1. The third-order valence-electron chi connectivity index (χ3n) is 6.90. The van der Waals surface area contributed by atoms with Crippen molar-refractivity contribution >= 4 is 16.8 Å². The minimum atomic E-state index is -0.612. The van der Waals surface area contributed by atoms with E-state index in [0.717, 1.165) is 53.2 Å². The van der Waals surface area contributed by atoms with Gasteiger partial charge in [-0.1, -0.05) is 6.07 Å². The Kier molecular flexibility index (Phi) is 4.54. The zero-order valence-corrected chi connectivity index (χ0v) is 18.1. The van der Waals surface area contributed by atoms with E-state index in [2.05, 4.69) is 4.98 Å². The number of amides is 1. The summed E-state index contributed by atoms with van der Waals surface area (Å²) in [6.07, 6.45) is 5.08. The minimum Gasteiger partial charge on any atom is -0.327 e. The number of carbonyl (C=O) groups is 1. The summed E-state index contributed by atoms with van der Waals surface area (Å²) in [5, 5.41) is 5.68. The fraction of sp³-hybridized carbons (Fsp3) is 0.269. The number of hydrogen-bond acceptors (Lipinski definition) is 3. The third-order valence-corrected chi connectivity index (χ3v) is 6.90. The Balaban J connectivity index is 1.42. The summed E-state index contributed by atoms with van der Waals surface area (Å²) >= 11 is 0. The second-order valence-electron chi connectivity index (χ2n) is 8.92. The second kappa shape index (κ2) is 7.47. The molecule has 1 fully saturated rings. The number of aromatic nitrogens is 3. The lowest BCUT2D eigenvalue weighted by atomic mass is 9.81. The molecule has 5 nitrogen and oxygen atoms in total. The highest BCUT2D eigenvalue weighted by Gasteiger charge is 2.43. The van der Waals surface area contributed by atoms with Crippen LogP contribution in [0.5, 0.6) is 0 Å². The lowest BCUT2D eigenvalue weighted by molar-refractivity contribution is 0.0392. The van der Waals surface area contributed by atoms with Crippen LogP contribution in [0.3, 0.4) is 0 Å². The summed E-state index contributed by atoms with van der Waals surface area (Å²) in [4.78, 5) is 20.0. The number of benzene rings is 2. The lowest BCUT2D eigenvalue weighted by Crippen LogP contribution is -2.49. The van der Waals surface area contributed by atoms with Crippen molar-refractivity contribution in [2.75, 3.05) is 0 Å². The van der Waals surface area contributed by atoms with E-state index in [4.69, 9.17) is 5.10 Å². The summed E-state index contributed by atoms with van der Waals surface area (Å²) in [7, 11) is 1.79. The lowest BCUT2D eigenvalue weighted by Gasteiger charge is -2.45. The van der Waals surface area contributed by atoms with Crippen LogP contribution >= 0.6 is 0 Å². The fourth-order valence-electron chi connectivity index (χ4n) is 5.56. The van der Waals surface area contributed by atoms with Crippen molar-refractivity contribution in [1.82, 2.24) is 19.7 Å². The Bertz CT molecular complexity index is 1390. The highest BCUT2D eigenvalue weighted by atomic mass is 19.1.